The lowest BCUT2D eigenvalue weighted by atomic mass is 9.97. The number of ketones is 1. The zero-order valence-corrected chi connectivity index (χ0v) is 15.8. The Morgan fingerprint density at radius 2 is 1.86 bits per heavy atom. The Balaban J connectivity index is 2.50. The summed E-state index contributed by atoms with van der Waals surface area (Å²) in [6.45, 7) is 5.81. The number of aliphatic carboxylic acids is 1. The minimum Gasteiger partial charge on any atom is -0.481 e. The van der Waals surface area contributed by atoms with Gasteiger partial charge in [0.25, 0.3) is 0 Å². The lowest BCUT2D eigenvalue weighted by Gasteiger charge is -2.22. The molecule has 2 aromatic rings. The molecule has 0 fully saturated rings. The summed E-state index contributed by atoms with van der Waals surface area (Å²) < 4.78 is 39.5. The van der Waals surface area contributed by atoms with Gasteiger partial charge in [-0.1, -0.05) is 12.1 Å². The number of benzene rings is 1. The topological polar surface area (TPSA) is 92.2 Å². The van der Waals surface area contributed by atoms with Crippen molar-refractivity contribution in [2.75, 3.05) is 5.32 Å². The van der Waals surface area contributed by atoms with Gasteiger partial charge in [0, 0.05) is 0 Å². The molecule has 2 N–H and O–H groups in total. The van der Waals surface area contributed by atoms with Gasteiger partial charge >= 0.3 is 12.1 Å². The van der Waals surface area contributed by atoms with Crippen molar-refractivity contribution in [1.29, 1.82) is 0 Å². The molecule has 1 aromatic heterocycles. The molecular weight excluding hydrogens is 375 g/mol. The van der Waals surface area contributed by atoms with Gasteiger partial charge in [-0.05, 0) is 44.9 Å². The Kier molecular flexibility index (Phi) is 6.06. The van der Waals surface area contributed by atoms with Crippen LogP contribution in [0.2, 0.25) is 0 Å². The molecule has 0 saturated carbocycles. The average molecular weight is 395 g/mol. The average Bonchev–Trinajstić information content (AvgIpc) is 2.52. The van der Waals surface area contributed by atoms with Gasteiger partial charge in [0.05, 0.1) is 29.3 Å². The van der Waals surface area contributed by atoms with Crippen molar-refractivity contribution in [3.8, 4) is 0 Å². The van der Waals surface area contributed by atoms with Crippen molar-refractivity contribution >= 4 is 17.6 Å². The highest BCUT2D eigenvalue weighted by molar-refractivity contribution is 6.00. The fourth-order valence-corrected chi connectivity index (χ4v) is 3.09. The Labute approximate surface area is 159 Å². The molecule has 0 amide bonds. The highest BCUT2D eigenvalue weighted by Crippen LogP contribution is 2.35. The van der Waals surface area contributed by atoms with E-state index in [2.05, 4.69) is 15.3 Å². The number of nitrogens with zero attached hydrogens (tertiary/aromatic N) is 2. The van der Waals surface area contributed by atoms with E-state index in [0.717, 1.165) is 6.07 Å². The highest BCUT2D eigenvalue weighted by atomic mass is 19.4. The normalized spacial score (nSPS) is 12.5. The second-order valence-electron chi connectivity index (χ2n) is 6.45. The summed E-state index contributed by atoms with van der Waals surface area (Å²) in [5, 5.41) is 12.0. The number of aryl methyl sites for hydroxylation is 1. The van der Waals surface area contributed by atoms with Crippen molar-refractivity contribution in [3.63, 3.8) is 0 Å². The molecule has 1 aromatic carbocycles. The van der Waals surface area contributed by atoms with Gasteiger partial charge in [-0.25, -0.2) is 9.97 Å². The first-order valence-electron chi connectivity index (χ1n) is 8.45. The van der Waals surface area contributed by atoms with Crippen LogP contribution < -0.4 is 5.32 Å². The minimum absolute atomic E-state index is 0.0180. The molecule has 0 aliphatic rings. The van der Waals surface area contributed by atoms with Crippen molar-refractivity contribution in [1.82, 2.24) is 9.97 Å². The Morgan fingerprint density at radius 3 is 2.39 bits per heavy atom. The van der Waals surface area contributed by atoms with Gasteiger partial charge in [-0.3, -0.25) is 9.59 Å². The fraction of sp³-hybridized carbons (Fsp3) is 0.368. The van der Waals surface area contributed by atoms with E-state index in [4.69, 9.17) is 5.11 Å². The molecule has 0 saturated heterocycles. The maximum atomic E-state index is 13.2. The molecule has 0 bridgehead atoms. The summed E-state index contributed by atoms with van der Waals surface area (Å²) in [4.78, 5) is 31.4. The maximum Gasteiger partial charge on any atom is 0.416 e. The summed E-state index contributed by atoms with van der Waals surface area (Å²) in [5.74, 6) is -1.25. The van der Waals surface area contributed by atoms with Crippen LogP contribution in [0.15, 0.2) is 18.2 Å². The smallest absolute Gasteiger partial charge is 0.416 e. The molecule has 150 valence electrons. The van der Waals surface area contributed by atoms with Crippen molar-refractivity contribution in [2.24, 2.45) is 0 Å². The van der Waals surface area contributed by atoms with E-state index in [1.165, 1.54) is 19.9 Å². The molecule has 1 heterocycles. The molecule has 0 spiro atoms. The van der Waals surface area contributed by atoms with E-state index >= 15 is 0 Å². The number of carbonyl (C=O) groups excluding carboxylic acids is 1. The molecular formula is C19H20F3N3O3. The molecule has 1 atom stereocenters. The van der Waals surface area contributed by atoms with Gasteiger partial charge < -0.3 is 10.4 Å². The maximum absolute atomic E-state index is 13.2. The van der Waals surface area contributed by atoms with E-state index in [9.17, 15) is 22.8 Å². The van der Waals surface area contributed by atoms with Crippen molar-refractivity contribution in [3.05, 3.63) is 52.0 Å². The number of hydrogen-bond acceptors (Lipinski definition) is 5. The number of anilines is 1. The third kappa shape index (κ3) is 4.65. The van der Waals surface area contributed by atoms with Crippen LogP contribution in [0, 0.1) is 13.8 Å². The number of halogens is 3. The van der Waals surface area contributed by atoms with E-state index in [1.807, 2.05) is 0 Å². The van der Waals surface area contributed by atoms with Crippen LogP contribution in [-0.2, 0) is 17.4 Å². The van der Waals surface area contributed by atoms with Crippen molar-refractivity contribution in [2.45, 2.75) is 46.3 Å². The molecule has 1 unspecified atom stereocenters. The summed E-state index contributed by atoms with van der Waals surface area (Å²) in [6.07, 6.45) is -4.95. The number of carboxylic acids is 1. The Morgan fingerprint density at radius 1 is 1.21 bits per heavy atom. The predicted molar refractivity (Wildman–Crippen MR) is 96.3 cm³/mol. The molecule has 6 nitrogen and oxygen atoms in total. The van der Waals surface area contributed by atoms with Crippen LogP contribution in [0.5, 0.6) is 0 Å². The summed E-state index contributed by atoms with van der Waals surface area (Å²) in [7, 11) is 0. The number of aromatic nitrogens is 2. The number of nitrogens with one attached hydrogen (secondary N) is 1. The summed E-state index contributed by atoms with van der Waals surface area (Å²) >= 11 is 0. The van der Waals surface area contributed by atoms with Crippen LogP contribution in [0.4, 0.5) is 19.0 Å². The van der Waals surface area contributed by atoms with Crippen LogP contribution in [0.25, 0.3) is 0 Å². The number of rotatable bonds is 6. The van der Waals surface area contributed by atoms with Gasteiger partial charge in [-0.15, -0.1) is 0 Å². The second kappa shape index (κ2) is 7.95. The van der Waals surface area contributed by atoms with Crippen LogP contribution in [0.1, 0.15) is 58.5 Å². The van der Waals surface area contributed by atoms with E-state index in [1.54, 1.807) is 19.9 Å². The van der Waals surface area contributed by atoms with Crippen LogP contribution >= 0.6 is 0 Å². The van der Waals surface area contributed by atoms with Gasteiger partial charge in [0.2, 0.25) is 0 Å². The van der Waals surface area contributed by atoms with Gasteiger partial charge in [0.1, 0.15) is 11.6 Å². The van der Waals surface area contributed by atoms with E-state index in [0.29, 0.717) is 5.56 Å². The lowest BCUT2D eigenvalue weighted by molar-refractivity contribution is -0.138. The Bertz CT molecular complexity index is 927. The predicted octanol–water partition coefficient (Wildman–Crippen LogP) is 4.12. The van der Waals surface area contributed by atoms with Crippen LogP contribution in [-0.4, -0.2) is 26.8 Å². The fourth-order valence-electron chi connectivity index (χ4n) is 3.09. The molecule has 0 aliphatic heterocycles. The molecule has 2 rings (SSSR count). The largest absolute Gasteiger partial charge is 0.481 e. The molecule has 0 radical (unpaired) electrons. The minimum atomic E-state index is -4.48. The summed E-state index contributed by atoms with van der Waals surface area (Å²) in [5.41, 5.74) is -0.209. The number of alkyl halides is 3. The lowest BCUT2D eigenvalue weighted by Crippen LogP contribution is -2.18. The zero-order valence-electron chi connectivity index (χ0n) is 15.8. The Hall–Kier alpha value is -2.97. The van der Waals surface area contributed by atoms with E-state index in [-0.39, 0.29) is 28.5 Å². The molecule has 28 heavy (non-hydrogen) atoms. The van der Waals surface area contributed by atoms with Crippen molar-refractivity contribution < 1.29 is 27.9 Å². The number of carboxylic acid groups (broad SMARTS) is 1. The second-order valence-corrected chi connectivity index (χ2v) is 6.45. The number of Topliss-reactive ketones (excluding diaryl/α,β-unsaturated/α-hetero) is 1. The van der Waals surface area contributed by atoms with E-state index < -0.39 is 36.0 Å². The first-order chi connectivity index (χ1) is 12.9. The SMILES string of the molecule is CC(=O)c1c(CC(=O)O)nc(C)nc1NC(C)c1cccc(C(F)(F)F)c1C. The first kappa shape index (κ1) is 21.3. The first-order valence-corrected chi connectivity index (χ1v) is 8.45. The summed E-state index contributed by atoms with van der Waals surface area (Å²) in [6, 6.07) is 3.26. The van der Waals surface area contributed by atoms with Gasteiger partial charge in [0.15, 0.2) is 5.78 Å². The highest BCUT2D eigenvalue weighted by Gasteiger charge is 2.33. The zero-order chi connectivity index (χ0) is 21.2. The monoisotopic (exact) mass is 395 g/mol. The quantitative estimate of drug-likeness (QED) is 0.715. The van der Waals surface area contributed by atoms with Crippen LogP contribution in [0.3, 0.4) is 0 Å². The molecule has 9 heteroatoms. The standard InChI is InChI=1S/C19H20F3N3O3/c1-9-13(6-5-7-14(9)19(20,21)22)10(2)23-18-17(11(3)26)15(8-16(27)28)24-12(4)25-18/h5-7,10H,8H2,1-4H3,(H,27,28)(H,23,24,25). The third-order valence-electron chi connectivity index (χ3n) is 4.27. The number of hydrogen-bond donors (Lipinski definition) is 2. The van der Waals surface area contributed by atoms with Gasteiger partial charge in [-0.2, -0.15) is 13.2 Å². The molecule has 0 aliphatic carbocycles. The third-order valence-corrected chi connectivity index (χ3v) is 4.27. The number of carbonyl (C=O) groups is 2.